The average Bonchev–Trinajstić information content (AvgIpc) is 2.68. The van der Waals surface area contributed by atoms with Crippen molar-refractivity contribution in [1.29, 1.82) is 0 Å². The number of nitrogens with one attached hydrogen (secondary N) is 1. The van der Waals surface area contributed by atoms with Crippen LogP contribution in [0, 0.1) is 11.8 Å². The minimum atomic E-state index is 0.0343. The van der Waals surface area contributed by atoms with E-state index in [1.165, 1.54) is 0 Å². The first-order valence-electron chi connectivity index (χ1n) is 6.16. The maximum absolute atomic E-state index is 12.4. The van der Waals surface area contributed by atoms with E-state index < -0.39 is 0 Å². The summed E-state index contributed by atoms with van der Waals surface area (Å²) in [6, 6.07) is 3.36. The van der Waals surface area contributed by atoms with Crippen molar-refractivity contribution in [3.05, 3.63) is 22.8 Å². The molecule has 1 N–H and O–H groups in total. The fraction of sp³-hybridized carbons (Fsp3) is 0.538. The summed E-state index contributed by atoms with van der Waals surface area (Å²) in [5.41, 5.74) is 0.598. The number of nitrogens with zero attached hydrogens (tertiary/aromatic N) is 2. The minimum Gasteiger partial charge on any atom is -0.373 e. The number of carbonyl (C=O) groups excluding carboxylic acids is 1. The molecule has 0 spiro atoms. The number of carbonyl (C=O) groups is 1. The first-order chi connectivity index (χ1) is 8.51. The molecule has 5 heteroatoms. The molecular formula is C13H18ClN3O. The number of pyridine rings is 1. The van der Waals surface area contributed by atoms with Gasteiger partial charge in [0, 0.05) is 25.7 Å². The number of anilines is 1. The van der Waals surface area contributed by atoms with Gasteiger partial charge in [0.1, 0.15) is 11.0 Å². The van der Waals surface area contributed by atoms with Gasteiger partial charge in [-0.1, -0.05) is 25.4 Å². The Kier molecular flexibility index (Phi) is 3.76. The lowest BCUT2D eigenvalue weighted by Gasteiger charge is -2.16. The van der Waals surface area contributed by atoms with E-state index in [0.29, 0.717) is 28.4 Å². The number of hydrogen-bond acceptors (Lipinski definition) is 3. The zero-order chi connectivity index (χ0) is 13.3. The third kappa shape index (κ3) is 2.58. The Morgan fingerprint density at radius 3 is 2.56 bits per heavy atom. The molecule has 0 aromatic carbocycles. The van der Waals surface area contributed by atoms with Crippen LogP contribution in [0.4, 0.5) is 5.82 Å². The lowest BCUT2D eigenvalue weighted by molar-refractivity contribution is 0.0785. The summed E-state index contributed by atoms with van der Waals surface area (Å²) < 4.78 is 0. The van der Waals surface area contributed by atoms with E-state index in [0.717, 1.165) is 13.1 Å². The Morgan fingerprint density at radius 2 is 2.00 bits per heavy atom. The van der Waals surface area contributed by atoms with E-state index in [9.17, 15) is 4.79 Å². The van der Waals surface area contributed by atoms with Gasteiger partial charge in [-0.25, -0.2) is 4.98 Å². The lowest BCUT2D eigenvalue weighted by atomic mass is 10.0. The van der Waals surface area contributed by atoms with Crippen molar-refractivity contribution in [2.75, 3.05) is 25.5 Å². The zero-order valence-electron chi connectivity index (χ0n) is 10.9. The molecule has 2 rings (SSSR count). The van der Waals surface area contributed by atoms with Crippen molar-refractivity contribution in [3.8, 4) is 0 Å². The van der Waals surface area contributed by atoms with Gasteiger partial charge in [0.25, 0.3) is 5.91 Å². The molecule has 4 nitrogen and oxygen atoms in total. The van der Waals surface area contributed by atoms with Crippen LogP contribution >= 0.6 is 11.6 Å². The number of likely N-dealkylation sites (tertiary alicyclic amines) is 1. The predicted molar refractivity (Wildman–Crippen MR) is 73.0 cm³/mol. The number of amides is 1. The Bertz CT molecular complexity index is 454. The molecular weight excluding hydrogens is 250 g/mol. The minimum absolute atomic E-state index is 0.0343. The smallest absolute Gasteiger partial charge is 0.254 e. The molecule has 0 saturated carbocycles. The molecule has 18 heavy (non-hydrogen) atoms. The van der Waals surface area contributed by atoms with Crippen LogP contribution in [0.15, 0.2) is 12.1 Å². The van der Waals surface area contributed by atoms with Crippen LogP contribution in [0.1, 0.15) is 24.2 Å². The molecule has 1 aliphatic heterocycles. The van der Waals surface area contributed by atoms with Gasteiger partial charge < -0.3 is 10.2 Å². The monoisotopic (exact) mass is 267 g/mol. The third-order valence-electron chi connectivity index (χ3n) is 3.57. The molecule has 98 valence electrons. The molecule has 1 aromatic heterocycles. The molecule has 2 atom stereocenters. The summed E-state index contributed by atoms with van der Waals surface area (Å²) in [6.07, 6.45) is 0. The van der Waals surface area contributed by atoms with Crippen molar-refractivity contribution in [1.82, 2.24) is 9.88 Å². The second kappa shape index (κ2) is 5.14. The number of halogens is 1. The van der Waals surface area contributed by atoms with E-state index in [2.05, 4.69) is 24.1 Å². The van der Waals surface area contributed by atoms with Crippen molar-refractivity contribution >= 4 is 23.3 Å². The molecule has 0 radical (unpaired) electrons. The van der Waals surface area contributed by atoms with E-state index in [1.54, 1.807) is 19.2 Å². The summed E-state index contributed by atoms with van der Waals surface area (Å²) in [7, 11) is 1.76. The standard InChI is InChI=1S/C13H18ClN3O/c1-8-6-17(7-9(8)2)13(18)10-4-11(14)16-12(5-10)15-3/h4-5,8-9H,6-7H2,1-3H3,(H,15,16). The maximum Gasteiger partial charge on any atom is 0.254 e. The van der Waals surface area contributed by atoms with Crippen molar-refractivity contribution in [2.24, 2.45) is 11.8 Å². The number of hydrogen-bond donors (Lipinski definition) is 1. The average molecular weight is 268 g/mol. The summed E-state index contributed by atoms with van der Waals surface area (Å²) >= 11 is 5.92. The van der Waals surface area contributed by atoms with Crippen LogP contribution in [0.3, 0.4) is 0 Å². The summed E-state index contributed by atoms with van der Waals surface area (Å²) in [5, 5.41) is 3.24. The molecule has 1 aliphatic rings. The van der Waals surface area contributed by atoms with Gasteiger partial charge in [0.05, 0.1) is 0 Å². The first-order valence-corrected chi connectivity index (χ1v) is 6.53. The highest BCUT2D eigenvalue weighted by Gasteiger charge is 2.30. The van der Waals surface area contributed by atoms with Crippen LogP contribution in [0.25, 0.3) is 0 Å². The predicted octanol–water partition coefficient (Wildman–Crippen LogP) is 2.50. The Balaban J connectivity index is 2.21. The fourth-order valence-electron chi connectivity index (χ4n) is 2.23. The normalized spacial score (nSPS) is 23.2. The van der Waals surface area contributed by atoms with Gasteiger partial charge in [0.2, 0.25) is 0 Å². The number of rotatable bonds is 2. The van der Waals surface area contributed by atoms with Crippen molar-refractivity contribution in [3.63, 3.8) is 0 Å². The van der Waals surface area contributed by atoms with Gasteiger partial charge in [-0.3, -0.25) is 4.79 Å². The Labute approximate surface area is 112 Å². The third-order valence-corrected chi connectivity index (χ3v) is 3.77. The molecule has 0 aliphatic carbocycles. The largest absolute Gasteiger partial charge is 0.373 e. The summed E-state index contributed by atoms with van der Waals surface area (Å²) in [6.45, 7) is 5.98. The molecule has 0 bridgehead atoms. The van der Waals surface area contributed by atoms with Crippen LogP contribution in [-0.2, 0) is 0 Å². The Hall–Kier alpha value is -1.29. The Morgan fingerprint density at radius 1 is 1.39 bits per heavy atom. The van der Waals surface area contributed by atoms with Crippen LogP contribution < -0.4 is 5.32 Å². The second-order valence-corrected chi connectivity index (χ2v) is 5.37. The molecule has 1 aromatic rings. The summed E-state index contributed by atoms with van der Waals surface area (Å²) in [5.74, 6) is 1.75. The first kappa shape index (κ1) is 13.1. The molecule has 2 unspecified atom stereocenters. The number of aromatic nitrogens is 1. The highest BCUT2D eigenvalue weighted by molar-refractivity contribution is 6.29. The molecule has 1 amide bonds. The van der Waals surface area contributed by atoms with E-state index in [4.69, 9.17) is 11.6 Å². The van der Waals surface area contributed by atoms with Crippen LogP contribution in [-0.4, -0.2) is 35.9 Å². The molecule has 2 heterocycles. The lowest BCUT2D eigenvalue weighted by Crippen LogP contribution is -2.29. The van der Waals surface area contributed by atoms with Gasteiger partial charge in [-0.15, -0.1) is 0 Å². The second-order valence-electron chi connectivity index (χ2n) is 4.98. The quantitative estimate of drug-likeness (QED) is 0.838. The van der Waals surface area contributed by atoms with Crippen molar-refractivity contribution in [2.45, 2.75) is 13.8 Å². The van der Waals surface area contributed by atoms with Crippen LogP contribution in [0.5, 0.6) is 0 Å². The van der Waals surface area contributed by atoms with Gasteiger partial charge in [-0.05, 0) is 24.0 Å². The highest BCUT2D eigenvalue weighted by atomic mass is 35.5. The van der Waals surface area contributed by atoms with Gasteiger partial charge in [-0.2, -0.15) is 0 Å². The van der Waals surface area contributed by atoms with E-state index in [-0.39, 0.29) is 5.91 Å². The van der Waals surface area contributed by atoms with Crippen molar-refractivity contribution < 1.29 is 4.79 Å². The topological polar surface area (TPSA) is 45.2 Å². The van der Waals surface area contributed by atoms with Crippen LogP contribution in [0.2, 0.25) is 5.15 Å². The summed E-state index contributed by atoms with van der Waals surface area (Å²) in [4.78, 5) is 18.3. The highest BCUT2D eigenvalue weighted by Crippen LogP contribution is 2.24. The zero-order valence-corrected chi connectivity index (χ0v) is 11.7. The van der Waals surface area contributed by atoms with Gasteiger partial charge in [0.15, 0.2) is 0 Å². The molecule has 1 fully saturated rings. The maximum atomic E-state index is 12.4. The van der Waals surface area contributed by atoms with E-state index >= 15 is 0 Å². The SMILES string of the molecule is CNc1cc(C(=O)N2CC(C)C(C)C2)cc(Cl)n1. The fourth-order valence-corrected chi connectivity index (χ4v) is 2.44. The van der Waals surface area contributed by atoms with E-state index in [1.807, 2.05) is 4.90 Å². The van der Waals surface area contributed by atoms with Gasteiger partial charge >= 0.3 is 0 Å². The molecule has 1 saturated heterocycles.